The molecule has 10 nitrogen and oxygen atoms in total. The Morgan fingerprint density at radius 1 is 1.00 bits per heavy atom. The molecule has 0 aliphatic carbocycles. The molecule has 0 aliphatic heterocycles. The molecular formula is C25H32N4O6. The maximum atomic E-state index is 12.4. The Labute approximate surface area is 205 Å². The highest BCUT2D eigenvalue weighted by Crippen LogP contribution is 2.28. The number of nitrogens with one attached hydrogen (secondary N) is 3. The van der Waals surface area contributed by atoms with Crippen molar-refractivity contribution in [2.24, 2.45) is 5.10 Å². The van der Waals surface area contributed by atoms with Gasteiger partial charge in [0, 0.05) is 25.9 Å². The van der Waals surface area contributed by atoms with Crippen molar-refractivity contribution in [1.82, 2.24) is 10.7 Å². The molecule has 0 radical (unpaired) electrons. The summed E-state index contributed by atoms with van der Waals surface area (Å²) in [6.07, 6.45) is 1.97. The molecule has 0 aliphatic rings. The third-order valence-corrected chi connectivity index (χ3v) is 4.69. The number of hydrogen-bond donors (Lipinski definition) is 3. The van der Waals surface area contributed by atoms with E-state index in [0.29, 0.717) is 43.2 Å². The Bertz CT molecular complexity index is 1050. The number of rotatable bonds is 12. The van der Waals surface area contributed by atoms with Crippen LogP contribution in [-0.4, -0.2) is 57.4 Å². The fourth-order valence-electron chi connectivity index (χ4n) is 2.91. The van der Waals surface area contributed by atoms with Gasteiger partial charge in [0.15, 0.2) is 18.1 Å². The zero-order chi connectivity index (χ0) is 25.6. The van der Waals surface area contributed by atoms with Crippen molar-refractivity contribution >= 4 is 29.6 Å². The number of amides is 3. The zero-order valence-corrected chi connectivity index (χ0v) is 20.5. The fraction of sp³-hybridized carbons (Fsp3) is 0.360. The number of aryl methyl sites for hydroxylation is 2. The second kappa shape index (κ2) is 14.4. The van der Waals surface area contributed by atoms with Gasteiger partial charge in [-0.3, -0.25) is 14.4 Å². The predicted molar refractivity (Wildman–Crippen MR) is 133 cm³/mol. The SMILES string of the molecule is CCOc1cc(/C=N\NC(=O)C(=O)NCCCOC)ccc1OCC(=O)Nc1cc(C)ccc1C. The maximum absolute atomic E-state index is 12.4. The molecule has 0 bridgehead atoms. The van der Waals surface area contributed by atoms with Crippen LogP contribution in [0.1, 0.15) is 30.0 Å². The van der Waals surface area contributed by atoms with Crippen LogP contribution in [0.4, 0.5) is 5.69 Å². The third kappa shape index (κ3) is 9.46. The molecule has 0 heterocycles. The minimum atomic E-state index is -0.876. The summed E-state index contributed by atoms with van der Waals surface area (Å²) in [5.41, 5.74) is 5.51. The number of carbonyl (C=O) groups excluding carboxylic acids is 3. The van der Waals surface area contributed by atoms with Gasteiger partial charge in [-0.1, -0.05) is 12.1 Å². The van der Waals surface area contributed by atoms with Crippen molar-refractivity contribution in [1.29, 1.82) is 0 Å². The van der Waals surface area contributed by atoms with Crippen LogP contribution < -0.4 is 25.5 Å². The minimum Gasteiger partial charge on any atom is -0.490 e. The van der Waals surface area contributed by atoms with Crippen molar-refractivity contribution in [2.75, 3.05) is 38.8 Å². The number of hydrogen-bond acceptors (Lipinski definition) is 7. The van der Waals surface area contributed by atoms with Crippen molar-refractivity contribution in [3.05, 3.63) is 53.1 Å². The summed E-state index contributed by atoms with van der Waals surface area (Å²) in [5.74, 6) is -1.15. The molecule has 0 aromatic heterocycles. The second-order valence-corrected chi connectivity index (χ2v) is 7.60. The van der Waals surface area contributed by atoms with Crippen molar-refractivity contribution < 1.29 is 28.6 Å². The minimum absolute atomic E-state index is 0.198. The number of methoxy groups -OCH3 is 1. The number of anilines is 1. The molecule has 2 aromatic rings. The lowest BCUT2D eigenvalue weighted by molar-refractivity contribution is -0.139. The molecule has 188 valence electrons. The molecule has 0 saturated heterocycles. The Kier molecular flexibility index (Phi) is 11.2. The topological polar surface area (TPSA) is 127 Å². The summed E-state index contributed by atoms with van der Waals surface area (Å²) in [6, 6.07) is 10.8. The van der Waals surface area contributed by atoms with Crippen molar-refractivity contribution in [3.8, 4) is 11.5 Å². The van der Waals surface area contributed by atoms with Crippen LogP contribution in [-0.2, 0) is 19.1 Å². The third-order valence-electron chi connectivity index (χ3n) is 4.69. The van der Waals surface area contributed by atoms with E-state index in [1.807, 2.05) is 39.0 Å². The van der Waals surface area contributed by atoms with Gasteiger partial charge in [0.1, 0.15) is 0 Å². The smallest absolute Gasteiger partial charge is 0.329 e. The van der Waals surface area contributed by atoms with Crippen LogP contribution in [0.5, 0.6) is 11.5 Å². The fourth-order valence-corrected chi connectivity index (χ4v) is 2.91. The van der Waals surface area contributed by atoms with Crippen LogP contribution in [0.2, 0.25) is 0 Å². The van der Waals surface area contributed by atoms with Gasteiger partial charge in [0.05, 0.1) is 12.8 Å². The number of carbonyl (C=O) groups is 3. The first-order chi connectivity index (χ1) is 16.8. The number of nitrogens with zero attached hydrogens (tertiary/aromatic N) is 1. The van der Waals surface area contributed by atoms with Gasteiger partial charge in [-0.25, -0.2) is 5.43 Å². The summed E-state index contributed by atoms with van der Waals surface area (Å²) < 4.78 is 16.2. The molecule has 35 heavy (non-hydrogen) atoms. The molecule has 0 spiro atoms. The van der Waals surface area contributed by atoms with Crippen LogP contribution in [0, 0.1) is 13.8 Å². The Balaban J connectivity index is 1.93. The highest BCUT2D eigenvalue weighted by Gasteiger charge is 2.12. The Hall–Kier alpha value is -3.92. The molecule has 10 heteroatoms. The van der Waals surface area contributed by atoms with Gasteiger partial charge < -0.3 is 24.8 Å². The van der Waals surface area contributed by atoms with E-state index >= 15 is 0 Å². The highest BCUT2D eigenvalue weighted by molar-refractivity contribution is 6.35. The van der Waals surface area contributed by atoms with E-state index in [-0.39, 0.29) is 12.5 Å². The van der Waals surface area contributed by atoms with E-state index < -0.39 is 11.8 Å². The molecule has 2 aromatic carbocycles. The molecule has 0 unspecified atom stereocenters. The maximum Gasteiger partial charge on any atom is 0.329 e. The van der Waals surface area contributed by atoms with Gasteiger partial charge in [-0.2, -0.15) is 5.10 Å². The molecule has 0 fully saturated rings. The van der Waals surface area contributed by atoms with Crippen LogP contribution in [0.25, 0.3) is 0 Å². The lowest BCUT2D eigenvalue weighted by Gasteiger charge is -2.13. The van der Waals surface area contributed by atoms with E-state index in [4.69, 9.17) is 14.2 Å². The van der Waals surface area contributed by atoms with E-state index in [1.165, 1.54) is 6.21 Å². The molecule has 0 saturated carbocycles. The molecular weight excluding hydrogens is 452 g/mol. The lowest BCUT2D eigenvalue weighted by Crippen LogP contribution is -2.38. The highest BCUT2D eigenvalue weighted by atomic mass is 16.5. The van der Waals surface area contributed by atoms with Crippen molar-refractivity contribution in [2.45, 2.75) is 27.2 Å². The molecule has 0 atom stereocenters. The molecule has 3 amide bonds. The van der Waals surface area contributed by atoms with E-state index in [0.717, 1.165) is 16.8 Å². The van der Waals surface area contributed by atoms with Crippen LogP contribution in [0.3, 0.4) is 0 Å². The van der Waals surface area contributed by atoms with Gasteiger partial charge >= 0.3 is 11.8 Å². The number of hydrazone groups is 1. The quantitative estimate of drug-likeness (QED) is 0.184. The Morgan fingerprint density at radius 3 is 2.54 bits per heavy atom. The van der Waals surface area contributed by atoms with Gasteiger partial charge in [0.25, 0.3) is 5.91 Å². The average Bonchev–Trinajstić information content (AvgIpc) is 2.83. The predicted octanol–water partition coefficient (Wildman–Crippen LogP) is 2.32. The summed E-state index contributed by atoms with van der Waals surface area (Å²) in [7, 11) is 1.56. The van der Waals surface area contributed by atoms with Crippen LogP contribution in [0.15, 0.2) is 41.5 Å². The number of benzene rings is 2. The molecule has 2 rings (SSSR count). The van der Waals surface area contributed by atoms with Gasteiger partial charge in [-0.05, 0) is 68.1 Å². The lowest BCUT2D eigenvalue weighted by atomic mass is 10.1. The standard InChI is InChI=1S/C25H32N4O6/c1-5-34-22-14-19(15-27-29-25(32)24(31)26-11-6-12-33-4)9-10-21(22)35-16-23(30)28-20-13-17(2)7-8-18(20)3/h7-10,13-15H,5-6,11-12,16H2,1-4H3,(H,26,31)(H,28,30)(H,29,32)/b27-15-. The summed E-state index contributed by atoms with van der Waals surface area (Å²) >= 11 is 0. The average molecular weight is 485 g/mol. The zero-order valence-electron chi connectivity index (χ0n) is 20.5. The summed E-state index contributed by atoms with van der Waals surface area (Å²) in [6.45, 7) is 6.69. The largest absolute Gasteiger partial charge is 0.490 e. The second-order valence-electron chi connectivity index (χ2n) is 7.60. The van der Waals surface area contributed by atoms with E-state index in [1.54, 1.807) is 25.3 Å². The monoisotopic (exact) mass is 484 g/mol. The first-order valence-electron chi connectivity index (χ1n) is 11.2. The first kappa shape index (κ1) is 27.3. The summed E-state index contributed by atoms with van der Waals surface area (Å²) in [5, 5.41) is 9.12. The Morgan fingerprint density at radius 2 is 1.80 bits per heavy atom. The number of ether oxygens (including phenoxy) is 3. The van der Waals surface area contributed by atoms with Gasteiger partial charge in [0.2, 0.25) is 0 Å². The van der Waals surface area contributed by atoms with E-state index in [9.17, 15) is 14.4 Å². The van der Waals surface area contributed by atoms with Crippen molar-refractivity contribution in [3.63, 3.8) is 0 Å². The van der Waals surface area contributed by atoms with Crippen LogP contribution >= 0.6 is 0 Å². The first-order valence-corrected chi connectivity index (χ1v) is 11.2. The van der Waals surface area contributed by atoms with E-state index in [2.05, 4.69) is 21.2 Å². The van der Waals surface area contributed by atoms with Gasteiger partial charge in [-0.15, -0.1) is 0 Å². The molecule has 3 N–H and O–H groups in total. The normalized spacial score (nSPS) is 10.6. The summed E-state index contributed by atoms with van der Waals surface area (Å²) in [4.78, 5) is 35.9.